The molecule has 0 N–H and O–H groups in total. The van der Waals surface area contributed by atoms with Crippen molar-refractivity contribution in [3.8, 4) is 5.75 Å². The minimum absolute atomic E-state index is 0.322. The minimum Gasteiger partial charge on any atom is -0.494 e. The van der Waals surface area contributed by atoms with Gasteiger partial charge in [0.05, 0.1) is 6.61 Å². The Balaban J connectivity index is 1.64. The molecular weight excluding hydrogens is 342 g/mol. The SMILES string of the molecule is CCOc1ccc(/C=C/c2ccc(CC(F)c3ccccc3)cc2)c(F)c1. The molecule has 0 saturated heterocycles. The zero-order valence-corrected chi connectivity index (χ0v) is 15.2. The van der Waals surface area contributed by atoms with E-state index in [-0.39, 0.29) is 5.82 Å². The molecule has 0 aliphatic heterocycles. The minimum atomic E-state index is -1.02. The molecule has 0 aliphatic rings. The lowest BCUT2D eigenvalue weighted by Crippen LogP contribution is -1.96. The van der Waals surface area contributed by atoms with Crippen LogP contribution in [0.1, 0.15) is 35.3 Å². The van der Waals surface area contributed by atoms with Crippen molar-refractivity contribution in [2.24, 2.45) is 0 Å². The summed E-state index contributed by atoms with van der Waals surface area (Å²) in [4.78, 5) is 0. The molecule has 0 amide bonds. The summed E-state index contributed by atoms with van der Waals surface area (Å²) in [6.07, 6.45) is 2.88. The Hall–Kier alpha value is -2.94. The van der Waals surface area contributed by atoms with Gasteiger partial charge in [-0.2, -0.15) is 0 Å². The van der Waals surface area contributed by atoms with Crippen molar-refractivity contribution < 1.29 is 13.5 Å². The van der Waals surface area contributed by atoms with Gasteiger partial charge in [0.25, 0.3) is 0 Å². The summed E-state index contributed by atoms with van der Waals surface area (Å²) in [6.45, 7) is 2.37. The van der Waals surface area contributed by atoms with E-state index in [4.69, 9.17) is 4.74 Å². The number of benzene rings is 3. The largest absolute Gasteiger partial charge is 0.494 e. The molecule has 3 heteroatoms. The van der Waals surface area contributed by atoms with Gasteiger partial charge in [-0.1, -0.05) is 66.7 Å². The number of halogens is 2. The Labute approximate surface area is 158 Å². The van der Waals surface area contributed by atoms with E-state index in [9.17, 15) is 8.78 Å². The molecule has 0 fully saturated rings. The van der Waals surface area contributed by atoms with E-state index in [0.29, 0.717) is 29.9 Å². The maximum absolute atomic E-state index is 14.4. The molecule has 0 radical (unpaired) electrons. The van der Waals surface area contributed by atoms with E-state index in [1.54, 1.807) is 30.3 Å². The summed E-state index contributed by atoms with van der Waals surface area (Å²) >= 11 is 0. The zero-order valence-electron chi connectivity index (χ0n) is 15.2. The molecular formula is C24H22F2O. The van der Waals surface area contributed by atoms with Gasteiger partial charge in [-0.25, -0.2) is 8.78 Å². The number of rotatable bonds is 7. The van der Waals surface area contributed by atoms with Gasteiger partial charge in [0.2, 0.25) is 0 Å². The second kappa shape index (κ2) is 9.13. The van der Waals surface area contributed by atoms with E-state index in [0.717, 1.165) is 11.1 Å². The van der Waals surface area contributed by atoms with Crippen LogP contribution < -0.4 is 4.74 Å². The second-order valence-corrected chi connectivity index (χ2v) is 6.27. The summed E-state index contributed by atoms with van der Waals surface area (Å²) in [6, 6.07) is 21.6. The van der Waals surface area contributed by atoms with Crippen LogP contribution in [0.25, 0.3) is 12.2 Å². The summed E-state index contributed by atoms with van der Waals surface area (Å²) in [5, 5.41) is 0. The predicted molar refractivity (Wildman–Crippen MR) is 107 cm³/mol. The standard InChI is InChI=1S/C24H22F2O/c1-2-27-22-15-14-21(24(26)17-22)13-12-18-8-10-19(11-9-18)16-23(25)20-6-4-3-5-7-20/h3-15,17,23H,2,16H2,1H3/b13-12+. The van der Waals surface area contributed by atoms with Crippen LogP contribution in [0.15, 0.2) is 72.8 Å². The van der Waals surface area contributed by atoms with Gasteiger partial charge in [-0.15, -0.1) is 0 Å². The molecule has 0 saturated carbocycles. The monoisotopic (exact) mass is 364 g/mol. The molecule has 0 spiro atoms. The van der Waals surface area contributed by atoms with Gasteiger partial charge in [-0.05, 0) is 35.7 Å². The highest BCUT2D eigenvalue weighted by Crippen LogP contribution is 2.23. The highest BCUT2D eigenvalue weighted by molar-refractivity contribution is 5.70. The van der Waals surface area contributed by atoms with E-state index in [2.05, 4.69) is 0 Å². The van der Waals surface area contributed by atoms with Gasteiger partial charge in [0.15, 0.2) is 0 Å². The van der Waals surface area contributed by atoms with Crippen molar-refractivity contribution in [2.45, 2.75) is 19.5 Å². The molecule has 3 aromatic carbocycles. The number of hydrogen-bond donors (Lipinski definition) is 0. The topological polar surface area (TPSA) is 9.23 Å². The molecule has 3 aromatic rings. The van der Waals surface area contributed by atoms with Gasteiger partial charge >= 0.3 is 0 Å². The normalized spacial score (nSPS) is 12.3. The third kappa shape index (κ3) is 5.27. The highest BCUT2D eigenvalue weighted by Gasteiger charge is 2.10. The van der Waals surface area contributed by atoms with Crippen LogP contribution in [0.3, 0.4) is 0 Å². The fourth-order valence-electron chi connectivity index (χ4n) is 2.84. The molecule has 1 atom stereocenters. The third-order valence-corrected chi connectivity index (χ3v) is 4.29. The van der Waals surface area contributed by atoms with Crippen molar-refractivity contribution >= 4 is 12.2 Å². The summed E-state index contributed by atoms with van der Waals surface area (Å²) < 4.78 is 33.7. The first-order valence-corrected chi connectivity index (χ1v) is 9.04. The van der Waals surface area contributed by atoms with Crippen LogP contribution in [0.4, 0.5) is 8.78 Å². The van der Waals surface area contributed by atoms with E-state index < -0.39 is 6.17 Å². The van der Waals surface area contributed by atoms with Crippen LogP contribution in [0.5, 0.6) is 5.75 Å². The molecule has 138 valence electrons. The average molecular weight is 364 g/mol. The van der Waals surface area contributed by atoms with Gasteiger partial charge in [0, 0.05) is 18.1 Å². The molecule has 27 heavy (non-hydrogen) atoms. The molecule has 1 nitrogen and oxygen atoms in total. The number of ether oxygens (including phenoxy) is 1. The lowest BCUT2D eigenvalue weighted by atomic mass is 10.0. The van der Waals surface area contributed by atoms with E-state index in [1.165, 1.54) is 6.07 Å². The molecule has 0 aromatic heterocycles. The van der Waals surface area contributed by atoms with Crippen molar-refractivity contribution in [3.63, 3.8) is 0 Å². The molecule has 0 heterocycles. The van der Waals surface area contributed by atoms with Crippen molar-refractivity contribution in [1.82, 2.24) is 0 Å². The van der Waals surface area contributed by atoms with Crippen molar-refractivity contribution in [2.75, 3.05) is 6.61 Å². The van der Waals surface area contributed by atoms with Crippen LogP contribution in [0.2, 0.25) is 0 Å². The smallest absolute Gasteiger partial charge is 0.134 e. The van der Waals surface area contributed by atoms with Crippen LogP contribution in [-0.2, 0) is 6.42 Å². The first-order chi connectivity index (χ1) is 13.2. The lowest BCUT2D eigenvalue weighted by Gasteiger charge is -2.09. The van der Waals surface area contributed by atoms with Crippen molar-refractivity contribution in [3.05, 3.63) is 101 Å². The van der Waals surface area contributed by atoms with Gasteiger partial charge < -0.3 is 4.74 Å². The van der Waals surface area contributed by atoms with Crippen LogP contribution in [-0.4, -0.2) is 6.61 Å². The van der Waals surface area contributed by atoms with Crippen molar-refractivity contribution in [1.29, 1.82) is 0 Å². The van der Waals surface area contributed by atoms with Gasteiger partial charge in [0.1, 0.15) is 17.7 Å². The maximum Gasteiger partial charge on any atom is 0.134 e. The second-order valence-electron chi connectivity index (χ2n) is 6.27. The quantitative estimate of drug-likeness (QED) is 0.427. The Kier molecular flexibility index (Phi) is 6.37. The molecule has 3 rings (SSSR count). The lowest BCUT2D eigenvalue weighted by molar-refractivity contribution is 0.338. The predicted octanol–water partition coefficient (Wildman–Crippen LogP) is 6.65. The highest BCUT2D eigenvalue weighted by atomic mass is 19.1. The fraction of sp³-hybridized carbons (Fsp3) is 0.167. The third-order valence-electron chi connectivity index (χ3n) is 4.29. The van der Waals surface area contributed by atoms with E-state index in [1.807, 2.05) is 55.5 Å². The summed E-state index contributed by atoms with van der Waals surface area (Å²) in [5.74, 6) is 0.202. The van der Waals surface area contributed by atoms with Gasteiger partial charge in [-0.3, -0.25) is 0 Å². The average Bonchev–Trinajstić information content (AvgIpc) is 2.69. The first kappa shape index (κ1) is 18.8. The molecule has 0 bridgehead atoms. The summed E-state index contributed by atoms with van der Waals surface area (Å²) in [7, 11) is 0. The zero-order chi connectivity index (χ0) is 19.1. The fourth-order valence-corrected chi connectivity index (χ4v) is 2.84. The Morgan fingerprint density at radius 1 is 0.926 bits per heavy atom. The Bertz CT molecular complexity index is 886. The number of alkyl halides is 1. The van der Waals surface area contributed by atoms with Crippen LogP contribution in [0, 0.1) is 5.82 Å². The molecule has 1 unspecified atom stereocenters. The Morgan fingerprint density at radius 3 is 2.33 bits per heavy atom. The van der Waals surface area contributed by atoms with Crippen LogP contribution >= 0.6 is 0 Å². The summed E-state index contributed by atoms with van der Waals surface area (Å²) in [5.41, 5.74) is 3.04. The first-order valence-electron chi connectivity index (χ1n) is 9.04. The maximum atomic E-state index is 14.4. The van der Waals surface area contributed by atoms with E-state index >= 15 is 0 Å². The Morgan fingerprint density at radius 2 is 1.67 bits per heavy atom. The molecule has 0 aliphatic carbocycles. The number of hydrogen-bond acceptors (Lipinski definition) is 1.